The first kappa shape index (κ1) is 11.3. The molecule has 82 valence electrons. The molecule has 2 amide bonds. The van der Waals surface area contributed by atoms with E-state index in [-0.39, 0.29) is 12.3 Å². The van der Waals surface area contributed by atoms with E-state index in [2.05, 4.69) is 17.6 Å². The third-order valence-electron chi connectivity index (χ3n) is 2.29. The topological polar surface area (TPSA) is 50.4 Å². The first-order valence-electron chi connectivity index (χ1n) is 5.49. The number of rotatable bonds is 5. The summed E-state index contributed by atoms with van der Waals surface area (Å²) in [6.07, 6.45) is 5.30. The van der Waals surface area contributed by atoms with Gasteiger partial charge in [-0.3, -0.25) is 0 Å². The second kappa shape index (κ2) is 6.65. The zero-order valence-corrected chi connectivity index (χ0v) is 8.84. The van der Waals surface area contributed by atoms with Crippen LogP contribution in [-0.4, -0.2) is 25.4 Å². The highest BCUT2D eigenvalue weighted by molar-refractivity contribution is 5.73. The molecule has 0 radical (unpaired) electrons. The number of ether oxygens (including phenoxy) is 1. The molecule has 14 heavy (non-hydrogen) atoms. The predicted molar refractivity (Wildman–Crippen MR) is 55.0 cm³/mol. The van der Waals surface area contributed by atoms with Crippen molar-refractivity contribution in [1.82, 2.24) is 10.6 Å². The summed E-state index contributed by atoms with van der Waals surface area (Å²) in [4.78, 5) is 11.3. The van der Waals surface area contributed by atoms with Crippen LogP contribution in [0.5, 0.6) is 0 Å². The Bertz CT molecular complexity index is 168. The van der Waals surface area contributed by atoms with Crippen LogP contribution in [0.1, 0.15) is 39.0 Å². The van der Waals surface area contributed by atoms with Gasteiger partial charge >= 0.3 is 6.03 Å². The van der Waals surface area contributed by atoms with Crippen LogP contribution in [0.3, 0.4) is 0 Å². The molecule has 1 unspecified atom stereocenters. The number of nitrogens with one attached hydrogen (secondary N) is 2. The van der Waals surface area contributed by atoms with Gasteiger partial charge in [0.05, 0.1) is 0 Å². The van der Waals surface area contributed by atoms with Crippen molar-refractivity contribution in [2.24, 2.45) is 0 Å². The third-order valence-corrected chi connectivity index (χ3v) is 2.29. The van der Waals surface area contributed by atoms with Crippen LogP contribution in [0.4, 0.5) is 4.79 Å². The molecule has 1 aliphatic heterocycles. The number of carbonyl (C=O) groups is 1. The van der Waals surface area contributed by atoms with Gasteiger partial charge in [0.15, 0.2) is 0 Å². The van der Waals surface area contributed by atoms with Gasteiger partial charge in [-0.15, -0.1) is 0 Å². The van der Waals surface area contributed by atoms with E-state index in [0.29, 0.717) is 0 Å². The minimum atomic E-state index is -0.104. The maximum absolute atomic E-state index is 11.3. The number of hydrogen-bond donors (Lipinski definition) is 2. The summed E-state index contributed by atoms with van der Waals surface area (Å²) < 4.78 is 5.28. The number of urea groups is 1. The lowest BCUT2D eigenvalue weighted by Crippen LogP contribution is -2.42. The molecule has 1 atom stereocenters. The number of carbonyl (C=O) groups excluding carboxylic acids is 1. The van der Waals surface area contributed by atoms with Crippen LogP contribution >= 0.6 is 0 Å². The second-order valence-electron chi connectivity index (χ2n) is 3.61. The summed E-state index contributed by atoms with van der Waals surface area (Å²) in [5.41, 5.74) is 0. The standard InChI is InChI=1S/C10H20N2O2/c1-2-3-4-7-11-10(13)12-9-6-5-8-14-9/h9H,2-8H2,1H3,(H2,11,12,13). The smallest absolute Gasteiger partial charge is 0.316 e. The molecule has 0 aliphatic carbocycles. The van der Waals surface area contributed by atoms with Gasteiger partial charge in [0.25, 0.3) is 0 Å². The van der Waals surface area contributed by atoms with Gasteiger partial charge in [0.1, 0.15) is 6.23 Å². The van der Waals surface area contributed by atoms with Crippen molar-refractivity contribution in [3.8, 4) is 0 Å². The fourth-order valence-electron chi connectivity index (χ4n) is 1.47. The summed E-state index contributed by atoms with van der Waals surface area (Å²) in [7, 11) is 0. The van der Waals surface area contributed by atoms with Crippen molar-refractivity contribution in [3.05, 3.63) is 0 Å². The van der Waals surface area contributed by atoms with Gasteiger partial charge in [0, 0.05) is 13.2 Å². The molecule has 4 heteroatoms. The second-order valence-corrected chi connectivity index (χ2v) is 3.61. The highest BCUT2D eigenvalue weighted by Crippen LogP contribution is 2.08. The van der Waals surface area contributed by atoms with Crippen LogP contribution in [-0.2, 0) is 4.74 Å². The molecular weight excluding hydrogens is 180 g/mol. The lowest BCUT2D eigenvalue weighted by atomic mass is 10.2. The van der Waals surface area contributed by atoms with Crippen molar-refractivity contribution in [1.29, 1.82) is 0 Å². The minimum absolute atomic E-state index is 0.0684. The van der Waals surface area contributed by atoms with E-state index in [1.54, 1.807) is 0 Å². The monoisotopic (exact) mass is 200 g/mol. The molecule has 2 N–H and O–H groups in total. The summed E-state index contributed by atoms with van der Waals surface area (Å²) >= 11 is 0. The molecule has 1 fully saturated rings. The minimum Gasteiger partial charge on any atom is -0.358 e. The Balaban J connectivity index is 1.98. The first-order valence-corrected chi connectivity index (χ1v) is 5.49. The Hall–Kier alpha value is -0.770. The molecule has 4 nitrogen and oxygen atoms in total. The van der Waals surface area contributed by atoms with Crippen molar-refractivity contribution in [2.75, 3.05) is 13.2 Å². The van der Waals surface area contributed by atoms with Gasteiger partial charge in [0.2, 0.25) is 0 Å². The van der Waals surface area contributed by atoms with E-state index in [1.807, 2.05) is 0 Å². The lowest BCUT2D eigenvalue weighted by molar-refractivity contribution is 0.0907. The molecule has 0 aromatic heterocycles. The average Bonchev–Trinajstić information content (AvgIpc) is 2.65. The molecule has 0 bridgehead atoms. The van der Waals surface area contributed by atoms with E-state index < -0.39 is 0 Å². The Morgan fingerprint density at radius 1 is 1.50 bits per heavy atom. The lowest BCUT2D eigenvalue weighted by Gasteiger charge is -2.12. The van der Waals surface area contributed by atoms with E-state index in [1.165, 1.54) is 12.8 Å². The van der Waals surface area contributed by atoms with Gasteiger partial charge in [-0.05, 0) is 19.3 Å². The quantitative estimate of drug-likeness (QED) is 0.662. The Morgan fingerprint density at radius 2 is 2.36 bits per heavy atom. The maximum Gasteiger partial charge on any atom is 0.316 e. The largest absolute Gasteiger partial charge is 0.358 e. The molecule has 0 saturated carbocycles. The zero-order valence-electron chi connectivity index (χ0n) is 8.84. The molecule has 0 aromatic carbocycles. The average molecular weight is 200 g/mol. The third kappa shape index (κ3) is 4.46. The van der Waals surface area contributed by atoms with Gasteiger partial charge in [-0.25, -0.2) is 4.79 Å². The number of amides is 2. The fourth-order valence-corrected chi connectivity index (χ4v) is 1.47. The molecule has 1 heterocycles. The first-order chi connectivity index (χ1) is 6.83. The Kier molecular flexibility index (Phi) is 5.37. The summed E-state index contributed by atoms with van der Waals surface area (Å²) in [6, 6.07) is -0.104. The highest BCUT2D eigenvalue weighted by Gasteiger charge is 2.16. The van der Waals surface area contributed by atoms with E-state index in [4.69, 9.17) is 4.74 Å². The van der Waals surface area contributed by atoms with Crippen LogP contribution < -0.4 is 10.6 Å². The van der Waals surface area contributed by atoms with Crippen LogP contribution in [0.2, 0.25) is 0 Å². The molecular formula is C10H20N2O2. The van der Waals surface area contributed by atoms with Gasteiger partial charge < -0.3 is 15.4 Å². The molecule has 1 aliphatic rings. The van der Waals surface area contributed by atoms with Gasteiger partial charge in [-0.1, -0.05) is 19.8 Å². The van der Waals surface area contributed by atoms with Crippen LogP contribution in [0.25, 0.3) is 0 Å². The normalized spacial score (nSPS) is 20.8. The number of unbranched alkanes of at least 4 members (excludes halogenated alkanes) is 2. The Morgan fingerprint density at radius 3 is 3.00 bits per heavy atom. The fraction of sp³-hybridized carbons (Fsp3) is 0.900. The van der Waals surface area contributed by atoms with Crippen molar-refractivity contribution in [3.63, 3.8) is 0 Å². The van der Waals surface area contributed by atoms with Crippen molar-refractivity contribution in [2.45, 2.75) is 45.3 Å². The Labute approximate surface area is 85.4 Å². The molecule has 0 aromatic rings. The van der Waals surface area contributed by atoms with Gasteiger partial charge in [-0.2, -0.15) is 0 Å². The molecule has 1 saturated heterocycles. The van der Waals surface area contributed by atoms with E-state index >= 15 is 0 Å². The number of hydrogen-bond acceptors (Lipinski definition) is 2. The molecule has 1 rings (SSSR count). The summed E-state index contributed by atoms with van der Waals surface area (Å²) in [5.74, 6) is 0. The predicted octanol–water partition coefficient (Wildman–Crippen LogP) is 1.61. The van der Waals surface area contributed by atoms with Crippen LogP contribution in [0.15, 0.2) is 0 Å². The van der Waals surface area contributed by atoms with Crippen molar-refractivity contribution >= 4 is 6.03 Å². The SMILES string of the molecule is CCCCCNC(=O)NC1CCCO1. The van der Waals surface area contributed by atoms with E-state index in [0.717, 1.165) is 32.4 Å². The summed E-state index contributed by atoms with van der Waals surface area (Å²) in [5, 5.41) is 5.60. The summed E-state index contributed by atoms with van der Waals surface area (Å²) in [6.45, 7) is 3.67. The molecule has 0 spiro atoms. The van der Waals surface area contributed by atoms with Crippen LogP contribution in [0, 0.1) is 0 Å². The maximum atomic E-state index is 11.3. The van der Waals surface area contributed by atoms with Crippen molar-refractivity contribution < 1.29 is 9.53 Å². The van der Waals surface area contributed by atoms with E-state index in [9.17, 15) is 4.79 Å². The highest BCUT2D eigenvalue weighted by atomic mass is 16.5. The zero-order chi connectivity index (χ0) is 10.2.